The Balaban J connectivity index is 2.25. The van der Waals surface area contributed by atoms with Crippen LogP contribution in [0.15, 0.2) is 29.8 Å². The fourth-order valence-electron chi connectivity index (χ4n) is 2.11. The van der Waals surface area contributed by atoms with Crippen molar-refractivity contribution in [3.63, 3.8) is 0 Å². The van der Waals surface area contributed by atoms with Crippen molar-refractivity contribution >= 4 is 29.2 Å². The third-order valence-corrected chi connectivity index (χ3v) is 3.39. The summed E-state index contributed by atoms with van der Waals surface area (Å²) >= 11 is 5.93. The highest BCUT2D eigenvalue weighted by molar-refractivity contribution is 6.31. The van der Waals surface area contributed by atoms with E-state index in [-0.39, 0.29) is 12.5 Å². The predicted octanol–water partition coefficient (Wildman–Crippen LogP) is 2.65. The molecule has 1 amide bonds. The van der Waals surface area contributed by atoms with Crippen LogP contribution in [0.1, 0.15) is 18.9 Å². The van der Waals surface area contributed by atoms with Crippen LogP contribution in [0, 0.1) is 0 Å². The molecule has 0 unspecified atom stereocenters. The molecule has 0 aliphatic carbocycles. The summed E-state index contributed by atoms with van der Waals surface area (Å²) in [6.07, 6.45) is 2.35. The molecule has 1 aliphatic rings. The number of hydrogen-bond donors (Lipinski definition) is 1. The quantitative estimate of drug-likeness (QED) is 0.862. The lowest BCUT2D eigenvalue weighted by Crippen LogP contribution is -2.27. The second-order valence-electron chi connectivity index (χ2n) is 4.34. The number of rotatable bonds is 4. The van der Waals surface area contributed by atoms with Gasteiger partial charge in [0.25, 0.3) is 0 Å². The van der Waals surface area contributed by atoms with E-state index in [1.807, 2.05) is 6.07 Å². The topological polar surface area (TPSA) is 57.6 Å². The van der Waals surface area contributed by atoms with E-state index in [4.69, 9.17) is 16.7 Å². The summed E-state index contributed by atoms with van der Waals surface area (Å²) in [6.45, 7) is 2.04. The molecule has 1 aromatic carbocycles. The molecular weight excluding hydrogens is 266 g/mol. The van der Waals surface area contributed by atoms with Crippen molar-refractivity contribution in [2.24, 2.45) is 0 Å². The van der Waals surface area contributed by atoms with Gasteiger partial charge in [0.15, 0.2) is 0 Å². The summed E-state index contributed by atoms with van der Waals surface area (Å²) in [5.74, 6) is -0.977. The minimum Gasteiger partial charge on any atom is -0.478 e. The van der Waals surface area contributed by atoms with Crippen molar-refractivity contribution in [3.05, 3.63) is 40.4 Å². The molecule has 0 fully saturated rings. The van der Waals surface area contributed by atoms with Gasteiger partial charge in [-0.2, -0.15) is 0 Å². The smallest absolute Gasteiger partial charge is 0.331 e. The summed E-state index contributed by atoms with van der Waals surface area (Å²) in [4.78, 5) is 24.4. The van der Waals surface area contributed by atoms with Crippen LogP contribution in [0.2, 0.25) is 5.02 Å². The van der Waals surface area contributed by atoms with E-state index in [9.17, 15) is 9.59 Å². The van der Waals surface area contributed by atoms with Crippen LogP contribution in [-0.4, -0.2) is 23.5 Å². The highest BCUT2D eigenvalue weighted by Crippen LogP contribution is 2.31. The molecule has 0 spiro atoms. The van der Waals surface area contributed by atoms with Gasteiger partial charge in [-0.3, -0.25) is 4.79 Å². The summed E-state index contributed by atoms with van der Waals surface area (Å²) in [7, 11) is 0. The number of aliphatic carboxylic acids is 1. The molecule has 1 N–H and O–H groups in total. The molecule has 1 aromatic rings. The number of hydrogen-bond acceptors (Lipinski definition) is 2. The zero-order chi connectivity index (χ0) is 14.0. The zero-order valence-electron chi connectivity index (χ0n) is 10.5. The Hall–Kier alpha value is -1.81. The van der Waals surface area contributed by atoms with Crippen LogP contribution in [0.4, 0.5) is 5.69 Å². The van der Waals surface area contributed by atoms with Gasteiger partial charge in [-0.1, -0.05) is 30.7 Å². The molecule has 0 bridgehead atoms. The lowest BCUT2D eigenvalue weighted by Gasteiger charge is -2.15. The second-order valence-corrected chi connectivity index (χ2v) is 4.78. The molecule has 0 aromatic heterocycles. The van der Waals surface area contributed by atoms with E-state index in [1.165, 1.54) is 0 Å². The zero-order valence-corrected chi connectivity index (χ0v) is 11.3. The molecule has 100 valence electrons. The lowest BCUT2D eigenvalue weighted by molar-refractivity contribution is -0.132. The number of anilines is 1. The number of fused-ring (bicyclic) bond motifs is 1. The average molecular weight is 280 g/mol. The van der Waals surface area contributed by atoms with Gasteiger partial charge in [-0.25, -0.2) is 4.79 Å². The minimum absolute atomic E-state index is 0.0330. The van der Waals surface area contributed by atoms with Crippen LogP contribution in [0.5, 0.6) is 0 Å². The Morgan fingerprint density at radius 1 is 1.53 bits per heavy atom. The van der Waals surface area contributed by atoms with Crippen LogP contribution in [-0.2, 0) is 16.0 Å². The van der Waals surface area contributed by atoms with Crippen molar-refractivity contribution in [1.29, 1.82) is 0 Å². The van der Waals surface area contributed by atoms with Crippen molar-refractivity contribution in [2.45, 2.75) is 19.8 Å². The second kappa shape index (κ2) is 5.45. The van der Waals surface area contributed by atoms with E-state index in [2.05, 4.69) is 0 Å². The number of halogens is 1. The van der Waals surface area contributed by atoms with Gasteiger partial charge in [0.1, 0.15) is 0 Å². The first kappa shape index (κ1) is 13.6. The van der Waals surface area contributed by atoms with E-state index < -0.39 is 5.97 Å². The molecule has 4 nitrogen and oxygen atoms in total. The van der Waals surface area contributed by atoms with E-state index in [0.29, 0.717) is 23.4 Å². The molecule has 0 radical (unpaired) electrons. The van der Waals surface area contributed by atoms with Gasteiger partial charge >= 0.3 is 5.97 Å². The SMILES string of the molecule is CCC(=CCN1C(=O)Cc2ccc(Cl)cc21)C(=O)O. The molecule has 1 heterocycles. The minimum atomic E-state index is -0.944. The van der Waals surface area contributed by atoms with Gasteiger partial charge < -0.3 is 10.0 Å². The third kappa shape index (κ3) is 2.79. The molecule has 2 rings (SSSR count). The number of amides is 1. The number of carboxylic acids is 1. The fraction of sp³-hybridized carbons (Fsp3) is 0.286. The summed E-state index contributed by atoms with van der Waals surface area (Å²) in [6, 6.07) is 5.32. The van der Waals surface area contributed by atoms with Crippen molar-refractivity contribution in [3.8, 4) is 0 Å². The number of carbonyl (C=O) groups excluding carboxylic acids is 1. The van der Waals surface area contributed by atoms with E-state index in [1.54, 1.807) is 30.0 Å². The molecule has 0 saturated heterocycles. The lowest BCUT2D eigenvalue weighted by atomic mass is 10.1. The van der Waals surface area contributed by atoms with E-state index in [0.717, 1.165) is 11.3 Å². The maximum Gasteiger partial charge on any atom is 0.331 e. The molecule has 0 saturated carbocycles. The Labute approximate surface area is 116 Å². The number of carbonyl (C=O) groups is 2. The summed E-state index contributed by atoms with van der Waals surface area (Å²) in [5, 5.41) is 9.53. The van der Waals surface area contributed by atoms with Crippen LogP contribution in [0.25, 0.3) is 0 Å². The Bertz CT molecular complexity index is 566. The van der Waals surface area contributed by atoms with Gasteiger partial charge in [0.05, 0.1) is 6.42 Å². The first-order valence-electron chi connectivity index (χ1n) is 6.04. The maximum atomic E-state index is 11.9. The van der Waals surface area contributed by atoms with E-state index >= 15 is 0 Å². The largest absolute Gasteiger partial charge is 0.478 e. The Kier molecular flexibility index (Phi) is 3.90. The van der Waals surface area contributed by atoms with Crippen molar-refractivity contribution in [2.75, 3.05) is 11.4 Å². The van der Waals surface area contributed by atoms with Gasteiger partial charge in [-0.05, 0) is 24.1 Å². The van der Waals surface area contributed by atoms with Crippen molar-refractivity contribution < 1.29 is 14.7 Å². The number of nitrogens with zero attached hydrogens (tertiary/aromatic N) is 1. The molecular formula is C14H14ClNO3. The van der Waals surface area contributed by atoms with Crippen LogP contribution in [0.3, 0.4) is 0 Å². The average Bonchev–Trinajstić information content (AvgIpc) is 2.66. The molecule has 0 atom stereocenters. The first-order valence-corrected chi connectivity index (χ1v) is 6.41. The number of carboxylic acid groups (broad SMARTS) is 1. The normalized spacial score (nSPS) is 14.7. The van der Waals surface area contributed by atoms with Gasteiger partial charge in [0.2, 0.25) is 5.91 Å². The standard InChI is InChI=1S/C14H14ClNO3/c1-2-9(14(18)19)5-6-16-12-8-11(15)4-3-10(12)7-13(16)17/h3-5,8H,2,6-7H2,1H3,(H,18,19). The Morgan fingerprint density at radius 3 is 2.89 bits per heavy atom. The molecule has 1 aliphatic heterocycles. The van der Waals surface area contributed by atoms with Crippen LogP contribution < -0.4 is 4.90 Å². The number of benzene rings is 1. The monoisotopic (exact) mass is 279 g/mol. The predicted molar refractivity (Wildman–Crippen MR) is 73.5 cm³/mol. The maximum absolute atomic E-state index is 11.9. The fourth-order valence-corrected chi connectivity index (χ4v) is 2.28. The van der Waals surface area contributed by atoms with Crippen molar-refractivity contribution in [1.82, 2.24) is 0 Å². The highest BCUT2D eigenvalue weighted by Gasteiger charge is 2.26. The summed E-state index contributed by atoms with van der Waals surface area (Å²) in [5.41, 5.74) is 2.01. The highest BCUT2D eigenvalue weighted by atomic mass is 35.5. The Morgan fingerprint density at radius 2 is 2.26 bits per heavy atom. The first-order chi connectivity index (χ1) is 9.02. The third-order valence-electron chi connectivity index (χ3n) is 3.16. The van der Waals surface area contributed by atoms with Crippen LogP contribution >= 0.6 is 11.6 Å². The van der Waals surface area contributed by atoms with Gasteiger partial charge in [-0.15, -0.1) is 0 Å². The molecule has 19 heavy (non-hydrogen) atoms. The molecule has 5 heteroatoms. The van der Waals surface area contributed by atoms with Gasteiger partial charge in [0, 0.05) is 22.8 Å². The summed E-state index contributed by atoms with van der Waals surface area (Å²) < 4.78 is 0.